The summed E-state index contributed by atoms with van der Waals surface area (Å²) in [6.45, 7) is 5.91. The maximum absolute atomic E-state index is 13.3. The molecule has 1 unspecified atom stereocenters. The Balaban J connectivity index is 1.77. The maximum Gasteiger partial charge on any atom is 0.342 e. The van der Waals surface area contributed by atoms with Crippen molar-refractivity contribution in [2.24, 2.45) is 0 Å². The minimum Gasteiger partial charge on any atom is -0.494 e. The normalized spacial score (nSPS) is 15.7. The molecule has 1 heterocycles. The predicted molar refractivity (Wildman–Crippen MR) is 158 cm³/mol. The smallest absolute Gasteiger partial charge is 0.342 e. The molecule has 7 heteroatoms. The summed E-state index contributed by atoms with van der Waals surface area (Å²) >= 11 is 3.53. The lowest BCUT2D eigenvalue weighted by molar-refractivity contribution is -0.131. The Bertz CT molecular complexity index is 1590. The summed E-state index contributed by atoms with van der Waals surface area (Å²) in [5, 5.41) is 1.28. The first-order chi connectivity index (χ1) is 19.4. The molecule has 0 aliphatic carbocycles. The van der Waals surface area contributed by atoms with Gasteiger partial charge in [-0.25, -0.2) is 4.79 Å². The second kappa shape index (κ2) is 11.6. The van der Waals surface area contributed by atoms with Crippen molar-refractivity contribution in [1.82, 2.24) is 0 Å². The lowest BCUT2D eigenvalue weighted by Gasteiger charge is -2.37. The summed E-state index contributed by atoms with van der Waals surface area (Å²) < 4.78 is 24.8. The highest BCUT2D eigenvalue weighted by Crippen LogP contribution is 2.49. The van der Waals surface area contributed by atoms with E-state index in [1.807, 2.05) is 78.9 Å². The van der Waals surface area contributed by atoms with Crippen LogP contribution < -0.4 is 14.2 Å². The van der Waals surface area contributed by atoms with Gasteiger partial charge in [0.15, 0.2) is 11.4 Å². The van der Waals surface area contributed by atoms with Crippen LogP contribution in [0.2, 0.25) is 0 Å². The first-order valence-electron chi connectivity index (χ1n) is 13.2. The summed E-state index contributed by atoms with van der Waals surface area (Å²) in [6.07, 6.45) is 4.70. The molecule has 1 atom stereocenters. The van der Waals surface area contributed by atoms with Gasteiger partial charge in [-0.05, 0) is 49.8 Å². The lowest BCUT2D eigenvalue weighted by Crippen LogP contribution is -2.35. The van der Waals surface area contributed by atoms with Crippen LogP contribution in [0.1, 0.15) is 54.2 Å². The summed E-state index contributed by atoms with van der Waals surface area (Å²) in [5.74, 6) is 0.291. The van der Waals surface area contributed by atoms with Crippen LogP contribution in [0, 0.1) is 0 Å². The van der Waals surface area contributed by atoms with Crippen molar-refractivity contribution in [3.8, 4) is 17.2 Å². The molecule has 1 aliphatic heterocycles. The van der Waals surface area contributed by atoms with E-state index in [0.29, 0.717) is 28.7 Å². The van der Waals surface area contributed by atoms with E-state index in [4.69, 9.17) is 18.9 Å². The van der Waals surface area contributed by atoms with Gasteiger partial charge < -0.3 is 18.9 Å². The van der Waals surface area contributed by atoms with E-state index in [2.05, 4.69) is 22.9 Å². The quantitative estimate of drug-likeness (QED) is 0.151. The molecular formula is C33H29BrO6. The van der Waals surface area contributed by atoms with Crippen molar-refractivity contribution >= 4 is 44.7 Å². The Labute approximate surface area is 241 Å². The molecule has 0 saturated heterocycles. The first-order valence-corrected chi connectivity index (χ1v) is 14.0. The first kappa shape index (κ1) is 27.5. The molecule has 0 saturated carbocycles. The van der Waals surface area contributed by atoms with Gasteiger partial charge in [0.25, 0.3) is 0 Å². The van der Waals surface area contributed by atoms with E-state index in [1.165, 1.54) is 6.92 Å². The average molecular weight is 601 g/mol. The summed E-state index contributed by atoms with van der Waals surface area (Å²) in [6, 6.07) is 23.2. The second-order valence-corrected chi connectivity index (χ2v) is 10.3. The molecule has 40 heavy (non-hydrogen) atoms. The molecule has 6 nitrogen and oxygen atoms in total. The fourth-order valence-corrected chi connectivity index (χ4v) is 5.17. The van der Waals surface area contributed by atoms with Crippen LogP contribution in [0.4, 0.5) is 0 Å². The van der Waals surface area contributed by atoms with Gasteiger partial charge in [0.1, 0.15) is 17.1 Å². The third-order valence-electron chi connectivity index (χ3n) is 6.66. The molecule has 0 aromatic heterocycles. The zero-order chi connectivity index (χ0) is 28.3. The molecule has 0 spiro atoms. The number of esters is 2. The van der Waals surface area contributed by atoms with Gasteiger partial charge in [0, 0.05) is 38.9 Å². The van der Waals surface area contributed by atoms with Gasteiger partial charge in [-0.1, -0.05) is 71.4 Å². The fraction of sp³-hybridized carbons (Fsp3) is 0.212. The number of carbonyl (C=O) groups is 2. The molecular weight excluding hydrogens is 572 g/mol. The molecule has 0 fully saturated rings. The van der Waals surface area contributed by atoms with E-state index in [-0.39, 0.29) is 17.9 Å². The Hall–Kier alpha value is -4.10. The van der Waals surface area contributed by atoms with E-state index in [0.717, 1.165) is 27.8 Å². The van der Waals surface area contributed by atoms with Gasteiger partial charge in [0.05, 0.1) is 13.2 Å². The largest absolute Gasteiger partial charge is 0.494 e. The van der Waals surface area contributed by atoms with Crippen molar-refractivity contribution in [2.75, 3.05) is 13.2 Å². The zero-order valence-electron chi connectivity index (χ0n) is 22.5. The lowest BCUT2D eigenvalue weighted by atomic mass is 9.82. The van der Waals surface area contributed by atoms with Gasteiger partial charge in [-0.15, -0.1) is 0 Å². The number of carbonyl (C=O) groups excluding carboxylic acids is 2. The average Bonchev–Trinajstić information content (AvgIpc) is 2.96. The van der Waals surface area contributed by atoms with Crippen LogP contribution >= 0.6 is 15.9 Å². The minimum absolute atomic E-state index is 0.148. The van der Waals surface area contributed by atoms with Crippen molar-refractivity contribution in [3.63, 3.8) is 0 Å². The predicted octanol–water partition coefficient (Wildman–Crippen LogP) is 7.84. The van der Waals surface area contributed by atoms with Gasteiger partial charge in [0.2, 0.25) is 0 Å². The highest BCUT2D eigenvalue weighted by Gasteiger charge is 2.40. The van der Waals surface area contributed by atoms with Crippen molar-refractivity contribution in [1.29, 1.82) is 0 Å². The topological polar surface area (TPSA) is 71.1 Å². The second-order valence-electron chi connectivity index (χ2n) is 9.36. The molecule has 4 aromatic rings. The molecule has 0 bridgehead atoms. The number of hydrogen-bond acceptors (Lipinski definition) is 6. The Morgan fingerprint density at radius 3 is 2.17 bits per heavy atom. The fourth-order valence-electron chi connectivity index (χ4n) is 4.91. The molecule has 0 amide bonds. The minimum atomic E-state index is -1.02. The van der Waals surface area contributed by atoms with Crippen LogP contribution in [-0.2, 0) is 15.1 Å². The number of hydrogen-bond donors (Lipinski definition) is 0. The van der Waals surface area contributed by atoms with Gasteiger partial charge in [-0.2, -0.15) is 0 Å². The number of ether oxygens (including phenoxy) is 4. The van der Waals surface area contributed by atoms with Crippen LogP contribution in [-0.4, -0.2) is 25.2 Å². The third kappa shape index (κ3) is 5.09. The number of rotatable bonds is 8. The zero-order valence-corrected chi connectivity index (χ0v) is 24.1. The molecule has 0 N–H and O–H groups in total. The summed E-state index contributed by atoms with van der Waals surface area (Å²) in [5.41, 5.74) is 1.39. The maximum atomic E-state index is 13.3. The highest BCUT2D eigenvalue weighted by atomic mass is 79.9. The highest BCUT2D eigenvalue weighted by molar-refractivity contribution is 9.10. The monoisotopic (exact) mass is 600 g/mol. The molecule has 1 aliphatic rings. The van der Waals surface area contributed by atoms with E-state index in [9.17, 15) is 9.59 Å². The van der Waals surface area contributed by atoms with Crippen molar-refractivity contribution < 1.29 is 28.5 Å². The van der Waals surface area contributed by atoms with E-state index >= 15 is 0 Å². The van der Waals surface area contributed by atoms with Crippen LogP contribution in [0.5, 0.6) is 17.2 Å². The standard InChI is InChI=1S/C33H29BrO6/c1-4-20-38-25-16-12-23(13-17-25)33(22-10-14-24(34)15-11-22)19-18-28-29(32(36)37-5-2)31(39-21(3)35)27-9-7-6-8-26(27)30(28)40-33/h6-19H,4-5,20H2,1-3H3. The number of fused-ring (bicyclic) bond motifs is 3. The molecule has 4 aromatic carbocycles. The van der Waals surface area contributed by atoms with Gasteiger partial charge in [-0.3, -0.25) is 4.79 Å². The van der Waals surface area contributed by atoms with Crippen molar-refractivity contribution in [2.45, 2.75) is 32.8 Å². The van der Waals surface area contributed by atoms with Crippen LogP contribution in [0.25, 0.3) is 16.8 Å². The van der Waals surface area contributed by atoms with Crippen LogP contribution in [0.3, 0.4) is 0 Å². The SMILES string of the molecule is CCCOc1ccc(C2(c3ccc(Br)cc3)C=Cc3c(C(=O)OCC)c(OC(C)=O)c4ccccc4c3O2)cc1. The van der Waals surface area contributed by atoms with E-state index < -0.39 is 17.5 Å². The molecule has 5 rings (SSSR count). The van der Waals surface area contributed by atoms with Gasteiger partial charge >= 0.3 is 11.9 Å². The van der Waals surface area contributed by atoms with E-state index in [1.54, 1.807) is 13.0 Å². The molecule has 0 radical (unpaired) electrons. The Morgan fingerprint density at radius 2 is 1.55 bits per heavy atom. The van der Waals surface area contributed by atoms with Crippen molar-refractivity contribution in [3.05, 3.63) is 106 Å². The Kier molecular flexibility index (Phi) is 7.94. The summed E-state index contributed by atoms with van der Waals surface area (Å²) in [7, 11) is 0. The van der Waals surface area contributed by atoms with Crippen LogP contribution in [0.15, 0.2) is 83.3 Å². The summed E-state index contributed by atoms with van der Waals surface area (Å²) in [4.78, 5) is 25.4. The third-order valence-corrected chi connectivity index (χ3v) is 7.19. The number of halogens is 1. The molecule has 204 valence electrons. The Morgan fingerprint density at radius 1 is 0.900 bits per heavy atom. The number of benzene rings is 4.